The fourth-order valence-corrected chi connectivity index (χ4v) is 1.61. The van der Waals surface area contributed by atoms with E-state index >= 15 is 0 Å². The quantitative estimate of drug-likeness (QED) is 0.405. The summed E-state index contributed by atoms with van der Waals surface area (Å²) in [5.74, 6) is 0.851. The van der Waals surface area contributed by atoms with E-state index in [0.29, 0.717) is 17.8 Å². The molecule has 4 heteroatoms. The van der Waals surface area contributed by atoms with Crippen LogP contribution >= 0.6 is 11.6 Å². The van der Waals surface area contributed by atoms with Crippen LogP contribution in [0.1, 0.15) is 12.8 Å². The monoisotopic (exact) mass is 190 g/mol. The highest BCUT2D eigenvalue weighted by atomic mass is 35.5. The minimum absolute atomic E-state index is 0.317. The van der Waals surface area contributed by atoms with Crippen LogP contribution in [0.2, 0.25) is 0 Å². The van der Waals surface area contributed by atoms with E-state index < -0.39 is 0 Å². The van der Waals surface area contributed by atoms with Crippen molar-refractivity contribution in [1.82, 2.24) is 4.90 Å². The van der Waals surface area contributed by atoms with Gasteiger partial charge in [0.05, 0.1) is 12.0 Å². The normalized spacial score (nSPS) is 19.7. The predicted octanol–water partition coefficient (Wildman–Crippen LogP) is 1.31. The van der Waals surface area contributed by atoms with E-state index in [0.717, 1.165) is 25.9 Å². The second-order valence-electron chi connectivity index (χ2n) is 3.00. The fraction of sp³-hybridized carbons (Fsp3) is 0.875. The number of rotatable bonds is 2. The molecule has 70 valence electrons. The van der Waals surface area contributed by atoms with E-state index in [1.165, 1.54) is 0 Å². The lowest BCUT2D eigenvalue weighted by Gasteiger charge is -2.32. The van der Waals surface area contributed by atoms with Crippen LogP contribution in [0.25, 0.3) is 0 Å². The van der Waals surface area contributed by atoms with Gasteiger partial charge < -0.3 is 9.64 Å². The van der Waals surface area contributed by atoms with Crippen molar-refractivity contribution in [2.45, 2.75) is 18.9 Å². The Hall–Kier alpha value is -0.280. The van der Waals surface area contributed by atoms with Crippen molar-refractivity contribution >= 4 is 17.4 Å². The van der Waals surface area contributed by atoms with Gasteiger partial charge in [0.15, 0.2) is 0 Å². The molecule has 0 amide bonds. The molecule has 0 aromatic heterocycles. The molecule has 0 aromatic carbocycles. The molecule has 3 nitrogen and oxygen atoms in total. The van der Waals surface area contributed by atoms with Gasteiger partial charge in [-0.05, 0) is 12.8 Å². The van der Waals surface area contributed by atoms with Crippen molar-refractivity contribution < 1.29 is 4.74 Å². The maximum atomic E-state index is 7.51. The van der Waals surface area contributed by atoms with Crippen LogP contribution in [0.15, 0.2) is 0 Å². The van der Waals surface area contributed by atoms with Crippen LogP contribution in [0, 0.1) is 5.41 Å². The van der Waals surface area contributed by atoms with Gasteiger partial charge in [-0.2, -0.15) is 0 Å². The van der Waals surface area contributed by atoms with Gasteiger partial charge >= 0.3 is 0 Å². The Morgan fingerprint density at radius 2 is 2.17 bits per heavy atom. The predicted molar refractivity (Wildman–Crippen MR) is 50.1 cm³/mol. The minimum atomic E-state index is 0.317. The van der Waals surface area contributed by atoms with Gasteiger partial charge in [0, 0.05) is 20.2 Å². The molecule has 0 bridgehead atoms. The van der Waals surface area contributed by atoms with Crippen molar-refractivity contribution in [3.63, 3.8) is 0 Å². The molecule has 1 aliphatic heterocycles. The number of hydrogen-bond donors (Lipinski definition) is 1. The summed E-state index contributed by atoms with van der Waals surface area (Å²) in [6.45, 7) is 1.81. The van der Waals surface area contributed by atoms with Crippen molar-refractivity contribution in [3.8, 4) is 0 Å². The Morgan fingerprint density at radius 3 is 2.58 bits per heavy atom. The van der Waals surface area contributed by atoms with E-state index in [4.69, 9.17) is 21.7 Å². The zero-order valence-corrected chi connectivity index (χ0v) is 8.10. The van der Waals surface area contributed by atoms with Crippen molar-refractivity contribution in [2.24, 2.45) is 0 Å². The van der Waals surface area contributed by atoms with Crippen LogP contribution < -0.4 is 0 Å². The van der Waals surface area contributed by atoms with E-state index in [-0.39, 0.29) is 0 Å². The number of nitrogens with one attached hydrogen (secondary N) is 1. The van der Waals surface area contributed by atoms with Gasteiger partial charge in [-0.25, -0.2) is 0 Å². The molecule has 12 heavy (non-hydrogen) atoms. The molecule has 1 rings (SSSR count). The van der Waals surface area contributed by atoms with Crippen molar-refractivity contribution in [3.05, 3.63) is 0 Å². The number of halogens is 1. The molecular weight excluding hydrogens is 176 g/mol. The Balaban J connectivity index is 2.30. The maximum Gasteiger partial charge on any atom is 0.111 e. The highest BCUT2D eigenvalue weighted by Crippen LogP contribution is 2.12. The average Bonchev–Trinajstić information content (AvgIpc) is 2.17. The van der Waals surface area contributed by atoms with Gasteiger partial charge in [-0.3, -0.25) is 5.41 Å². The third-order valence-electron chi connectivity index (χ3n) is 2.28. The molecule has 0 atom stereocenters. The molecule has 1 heterocycles. The third-order valence-corrected chi connectivity index (χ3v) is 2.54. The standard InChI is InChI=1S/C8H15ClN2O/c1-12-7-2-4-11(5-3-7)8(10)6-9/h7,10H,2-6H2,1H3. The number of likely N-dealkylation sites (tertiary alicyclic amines) is 1. The SMILES string of the molecule is COC1CCN(C(=N)CCl)CC1. The summed E-state index contributed by atoms with van der Waals surface area (Å²) in [7, 11) is 1.74. The first-order valence-electron chi connectivity index (χ1n) is 4.19. The summed E-state index contributed by atoms with van der Waals surface area (Å²) in [6.07, 6.45) is 2.40. The topological polar surface area (TPSA) is 36.3 Å². The van der Waals surface area contributed by atoms with E-state index in [1.807, 2.05) is 4.90 Å². The zero-order chi connectivity index (χ0) is 8.97. The van der Waals surface area contributed by atoms with Gasteiger partial charge in [-0.1, -0.05) is 0 Å². The zero-order valence-electron chi connectivity index (χ0n) is 7.35. The Labute approximate surface area is 78.2 Å². The van der Waals surface area contributed by atoms with Crippen LogP contribution in [-0.4, -0.2) is 42.9 Å². The molecule has 0 aliphatic carbocycles. The lowest BCUT2D eigenvalue weighted by molar-refractivity contribution is 0.0576. The molecular formula is C8H15ClN2O. The van der Waals surface area contributed by atoms with Crippen molar-refractivity contribution in [1.29, 1.82) is 5.41 Å². The second-order valence-corrected chi connectivity index (χ2v) is 3.27. The summed E-state index contributed by atoms with van der Waals surface area (Å²) >= 11 is 5.56. The third kappa shape index (κ3) is 2.35. The molecule has 0 radical (unpaired) electrons. The molecule has 0 unspecified atom stereocenters. The highest BCUT2D eigenvalue weighted by molar-refractivity contribution is 6.27. The van der Waals surface area contributed by atoms with Crippen molar-refractivity contribution in [2.75, 3.05) is 26.1 Å². The Bertz CT molecular complexity index is 155. The maximum absolute atomic E-state index is 7.51. The van der Waals surface area contributed by atoms with E-state index in [1.54, 1.807) is 7.11 Å². The molecule has 1 saturated heterocycles. The largest absolute Gasteiger partial charge is 0.381 e. The summed E-state index contributed by atoms with van der Waals surface area (Å²) in [5.41, 5.74) is 0. The van der Waals surface area contributed by atoms with Crippen LogP contribution in [0.5, 0.6) is 0 Å². The molecule has 1 N–H and O–H groups in total. The summed E-state index contributed by atoms with van der Waals surface area (Å²) in [5, 5.41) is 7.51. The van der Waals surface area contributed by atoms with Gasteiger partial charge in [0.2, 0.25) is 0 Å². The second kappa shape index (κ2) is 4.67. The Morgan fingerprint density at radius 1 is 1.58 bits per heavy atom. The Kier molecular flexibility index (Phi) is 3.82. The van der Waals surface area contributed by atoms with Gasteiger partial charge in [-0.15, -0.1) is 11.6 Å². The first-order chi connectivity index (χ1) is 5.77. The van der Waals surface area contributed by atoms with Gasteiger partial charge in [0.1, 0.15) is 5.84 Å². The number of ether oxygens (including phenoxy) is 1. The number of hydrogen-bond acceptors (Lipinski definition) is 2. The summed E-state index contributed by atoms with van der Waals surface area (Å²) in [6, 6.07) is 0. The number of methoxy groups -OCH3 is 1. The number of nitrogens with zero attached hydrogens (tertiary/aromatic N) is 1. The average molecular weight is 191 g/mol. The number of alkyl halides is 1. The molecule has 0 aromatic rings. The number of amidine groups is 1. The van der Waals surface area contributed by atoms with E-state index in [2.05, 4.69) is 0 Å². The summed E-state index contributed by atoms with van der Waals surface area (Å²) < 4.78 is 5.22. The molecule has 0 spiro atoms. The smallest absolute Gasteiger partial charge is 0.111 e. The lowest BCUT2D eigenvalue weighted by atomic mass is 10.1. The van der Waals surface area contributed by atoms with E-state index in [9.17, 15) is 0 Å². The lowest BCUT2D eigenvalue weighted by Crippen LogP contribution is -2.40. The summed E-state index contributed by atoms with van der Waals surface area (Å²) in [4.78, 5) is 2.02. The first kappa shape index (κ1) is 9.81. The molecule has 1 fully saturated rings. The molecule has 0 saturated carbocycles. The minimum Gasteiger partial charge on any atom is -0.381 e. The fourth-order valence-electron chi connectivity index (χ4n) is 1.45. The number of piperidine rings is 1. The highest BCUT2D eigenvalue weighted by Gasteiger charge is 2.19. The van der Waals surface area contributed by atoms with Crippen LogP contribution in [0.4, 0.5) is 0 Å². The first-order valence-corrected chi connectivity index (χ1v) is 4.72. The molecule has 1 aliphatic rings. The van der Waals surface area contributed by atoms with Crippen LogP contribution in [0.3, 0.4) is 0 Å². The van der Waals surface area contributed by atoms with Gasteiger partial charge in [0.25, 0.3) is 0 Å². The van der Waals surface area contributed by atoms with Crippen LogP contribution in [-0.2, 0) is 4.74 Å².